The molecule has 1 aromatic rings. The second-order valence-electron chi connectivity index (χ2n) is 2.05. The molecule has 0 fully saturated rings. The fraction of sp³-hybridized carbons (Fsp3) is 0. The summed E-state index contributed by atoms with van der Waals surface area (Å²) >= 11 is 3.15. The molecule has 0 bridgehead atoms. The molecule has 0 radical (unpaired) electrons. The molecule has 1 aromatic heterocycles. The lowest BCUT2D eigenvalue weighted by Crippen LogP contribution is -2.21. The van der Waals surface area contributed by atoms with Crippen molar-refractivity contribution < 1.29 is 0 Å². The number of rotatable bonds is 2. The van der Waals surface area contributed by atoms with Gasteiger partial charge in [0, 0.05) is 0 Å². The summed E-state index contributed by atoms with van der Waals surface area (Å²) < 4.78 is 0.586. The average molecular weight is 230 g/mol. The van der Waals surface area contributed by atoms with E-state index in [-0.39, 0.29) is 0 Å². The first kappa shape index (κ1) is 8.95. The molecule has 0 aliphatic carbocycles. The van der Waals surface area contributed by atoms with E-state index in [4.69, 9.17) is 11.6 Å². The first-order chi connectivity index (χ1) is 5.65. The van der Waals surface area contributed by atoms with Crippen molar-refractivity contribution in [2.45, 2.75) is 0 Å². The molecule has 64 valence electrons. The summed E-state index contributed by atoms with van der Waals surface area (Å²) in [4.78, 5) is 7.89. The molecule has 5 N–H and O–H groups in total. The van der Waals surface area contributed by atoms with Crippen LogP contribution in [0.15, 0.2) is 17.4 Å². The Morgan fingerprint density at radius 1 is 1.67 bits per heavy atom. The summed E-state index contributed by atoms with van der Waals surface area (Å²) in [6.45, 7) is 3.61. The van der Waals surface area contributed by atoms with E-state index in [1.54, 1.807) is 0 Å². The molecule has 5 nitrogen and oxygen atoms in total. The predicted octanol–water partition coefficient (Wildman–Crippen LogP) is 0.255. The van der Waals surface area contributed by atoms with Crippen molar-refractivity contribution >= 4 is 27.4 Å². The normalized spacial score (nSPS) is 9.50. The van der Waals surface area contributed by atoms with Crippen LogP contribution in [-0.2, 0) is 0 Å². The number of halogens is 1. The zero-order valence-corrected chi connectivity index (χ0v) is 7.80. The van der Waals surface area contributed by atoms with Crippen molar-refractivity contribution in [1.29, 1.82) is 0 Å². The van der Waals surface area contributed by atoms with Gasteiger partial charge in [0.2, 0.25) is 0 Å². The van der Waals surface area contributed by atoms with Crippen LogP contribution in [0.3, 0.4) is 0 Å². The monoisotopic (exact) mass is 229 g/mol. The van der Waals surface area contributed by atoms with Gasteiger partial charge in [-0.2, -0.15) is 0 Å². The highest BCUT2D eigenvalue weighted by molar-refractivity contribution is 9.10. The molecular formula is C6H8BrN5. The Balaban J connectivity index is 3.13. The number of nitrogen functional groups attached to an aromatic ring is 1. The van der Waals surface area contributed by atoms with Crippen molar-refractivity contribution in [3.8, 4) is 0 Å². The number of anilines is 1. The van der Waals surface area contributed by atoms with E-state index in [0.717, 1.165) is 0 Å². The van der Waals surface area contributed by atoms with Gasteiger partial charge in [-0.25, -0.2) is 9.97 Å². The third kappa shape index (κ3) is 1.72. The van der Waals surface area contributed by atoms with Gasteiger partial charge >= 0.3 is 0 Å². The van der Waals surface area contributed by atoms with Crippen LogP contribution < -0.4 is 17.0 Å². The van der Waals surface area contributed by atoms with Gasteiger partial charge in [0.15, 0.2) is 5.82 Å². The molecule has 0 spiro atoms. The second-order valence-corrected chi connectivity index (χ2v) is 2.86. The lowest BCUT2D eigenvalue weighted by atomic mass is 10.3. The molecule has 0 aliphatic heterocycles. The number of nitrogens with one attached hydrogen (secondary N) is 1. The van der Waals surface area contributed by atoms with Gasteiger partial charge in [0.05, 0.1) is 11.9 Å². The van der Waals surface area contributed by atoms with Crippen molar-refractivity contribution in [1.82, 2.24) is 15.4 Å². The molecule has 0 saturated carbocycles. The quantitative estimate of drug-likeness (QED) is 0.500. The van der Waals surface area contributed by atoms with Gasteiger partial charge in [-0.3, -0.25) is 5.84 Å². The van der Waals surface area contributed by atoms with E-state index < -0.39 is 0 Å². The minimum Gasteiger partial charge on any atom is -0.382 e. The first-order valence-electron chi connectivity index (χ1n) is 3.09. The van der Waals surface area contributed by atoms with Gasteiger partial charge < -0.3 is 11.2 Å². The molecule has 6 heteroatoms. The fourth-order valence-corrected chi connectivity index (χ4v) is 0.947. The third-order valence-electron chi connectivity index (χ3n) is 1.23. The van der Waals surface area contributed by atoms with Gasteiger partial charge in [-0.1, -0.05) is 6.58 Å². The molecule has 0 amide bonds. The van der Waals surface area contributed by atoms with E-state index in [0.29, 0.717) is 21.8 Å². The maximum Gasteiger partial charge on any atom is 0.151 e. The number of hydrogen-bond donors (Lipinski definition) is 3. The summed E-state index contributed by atoms with van der Waals surface area (Å²) in [6, 6.07) is 0. The van der Waals surface area contributed by atoms with Crippen LogP contribution in [0.2, 0.25) is 0 Å². The molecule has 0 aromatic carbocycles. The number of hydrazine groups is 1. The van der Waals surface area contributed by atoms with Crippen LogP contribution >= 0.6 is 15.9 Å². The van der Waals surface area contributed by atoms with Crippen LogP contribution in [0.5, 0.6) is 0 Å². The Labute approximate surface area is 78.0 Å². The maximum absolute atomic E-state index is 5.52. The zero-order chi connectivity index (χ0) is 9.14. The number of aromatic nitrogens is 2. The third-order valence-corrected chi connectivity index (χ3v) is 1.61. The Morgan fingerprint density at radius 3 is 2.92 bits per heavy atom. The second kappa shape index (κ2) is 3.51. The summed E-state index contributed by atoms with van der Waals surface area (Å²) in [5, 5.41) is 0. The average Bonchev–Trinajstić information content (AvgIpc) is 2.08. The Hall–Kier alpha value is -1.14. The highest BCUT2D eigenvalue weighted by Gasteiger charge is 2.05. The van der Waals surface area contributed by atoms with Gasteiger partial charge in [-0.15, -0.1) is 0 Å². The summed E-state index contributed by atoms with van der Waals surface area (Å²) in [5.74, 6) is 5.43. The molecule has 0 saturated heterocycles. The summed E-state index contributed by atoms with van der Waals surface area (Å²) in [6.07, 6.45) is 1.50. The predicted molar refractivity (Wildman–Crippen MR) is 50.5 cm³/mol. The molecular weight excluding hydrogens is 222 g/mol. The molecule has 0 aliphatic rings. The largest absolute Gasteiger partial charge is 0.382 e. The first-order valence-corrected chi connectivity index (χ1v) is 3.88. The Kier molecular flexibility index (Phi) is 2.61. The van der Waals surface area contributed by atoms with Crippen LogP contribution in [0.1, 0.15) is 5.69 Å². The standard InChI is InChI=1S/C6H8BrN5/c1-3(12-9)5-6(8)10-2-4(7)11-5/h2,12H,1,9H2,(H2,8,10). The van der Waals surface area contributed by atoms with E-state index in [2.05, 4.69) is 37.9 Å². The number of nitrogens with two attached hydrogens (primary N) is 2. The number of hydrogen-bond acceptors (Lipinski definition) is 5. The van der Waals surface area contributed by atoms with Crippen molar-refractivity contribution in [3.63, 3.8) is 0 Å². The van der Waals surface area contributed by atoms with E-state index in [9.17, 15) is 0 Å². The van der Waals surface area contributed by atoms with Crippen LogP contribution in [-0.4, -0.2) is 9.97 Å². The Morgan fingerprint density at radius 2 is 2.33 bits per heavy atom. The van der Waals surface area contributed by atoms with E-state index in [1.807, 2.05) is 0 Å². The fourth-order valence-electron chi connectivity index (χ4n) is 0.667. The molecule has 12 heavy (non-hydrogen) atoms. The topological polar surface area (TPSA) is 89.8 Å². The SMILES string of the molecule is C=C(NN)c1nc(Br)cnc1N. The zero-order valence-electron chi connectivity index (χ0n) is 6.21. The van der Waals surface area contributed by atoms with E-state index in [1.165, 1.54) is 6.20 Å². The van der Waals surface area contributed by atoms with Gasteiger partial charge in [0.1, 0.15) is 10.3 Å². The molecule has 0 atom stereocenters. The minimum atomic E-state index is 0.293. The highest BCUT2D eigenvalue weighted by Crippen LogP contribution is 2.15. The highest BCUT2D eigenvalue weighted by atomic mass is 79.9. The molecule has 0 unspecified atom stereocenters. The summed E-state index contributed by atoms with van der Waals surface area (Å²) in [7, 11) is 0. The maximum atomic E-state index is 5.52. The van der Waals surface area contributed by atoms with Crippen LogP contribution in [0, 0.1) is 0 Å². The van der Waals surface area contributed by atoms with Crippen LogP contribution in [0.4, 0.5) is 5.82 Å². The van der Waals surface area contributed by atoms with E-state index >= 15 is 0 Å². The summed E-state index contributed by atoms with van der Waals surface area (Å²) in [5.41, 5.74) is 8.75. The van der Waals surface area contributed by atoms with Crippen LogP contribution in [0.25, 0.3) is 5.70 Å². The molecule has 1 rings (SSSR count). The number of nitrogens with zero attached hydrogens (tertiary/aromatic N) is 2. The minimum absolute atomic E-state index is 0.293. The van der Waals surface area contributed by atoms with Crippen molar-refractivity contribution in [2.24, 2.45) is 5.84 Å². The van der Waals surface area contributed by atoms with Crippen molar-refractivity contribution in [3.05, 3.63) is 23.1 Å². The van der Waals surface area contributed by atoms with Crippen molar-refractivity contribution in [2.75, 3.05) is 5.73 Å². The lowest BCUT2D eigenvalue weighted by molar-refractivity contribution is 0.973. The molecule has 1 heterocycles. The van der Waals surface area contributed by atoms with Gasteiger partial charge in [0.25, 0.3) is 0 Å². The van der Waals surface area contributed by atoms with Gasteiger partial charge in [-0.05, 0) is 15.9 Å². The smallest absolute Gasteiger partial charge is 0.151 e. The Bertz CT molecular complexity index is 311. The lowest BCUT2D eigenvalue weighted by Gasteiger charge is -2.05.